The fourth-order valence-electron chi connectivity index (χ4n) is 1.99. The molecule has 0 atom stereocenters. The molecule has 0 fully saturated rings. The number of hydrogen-bond donors (Lipinski definition) is 1. The molecule has 0 unspecified atom stereocenters. The Morgan fingerprint density at radius 2 is 1.95 bits per heavy atom. The number of amides is 1. The molecule has 0 saturated carbocycles. The van der Waals surface area contributed by atoms with E-state index in [0.717, 1.165) is 4.88 Å². The first-order valence-corrected chi connectivity index (χ1v) is 7.40. The summed E-state index contributed by atoms with van der Waals surface area (Å²) in [4.78, 5) is 25.1. The van der Waals surface area contributed by atoms with Crippen molar-refractivity contribution in [3.63, 3.8) is 0 Å². The van der Waals surface area contributed by atoms with Crippen LogP contribution in [-0.4, -0.2) is 18.5 Å². The third-order valence-corrected chi connectivity index (χ3v) is 3.83. The third-order valence-electron chi connectivity index (χ3n) is 2.86. The molecule has 0 saturated heterocycles. The molecule has 0 aliphatic heterocycles. The van der Waals surface area contributed by atoms with Crippen LogP contribution < -0.4 is 5.32 Å². The average Bonchev–Trinajstić information content (AvgIpc) is 2.92. The molecule has 1 N–H and O–H groups in total. The molecule has 5 nitrogen and oxygen atoms in total. The van der Waals surface area contributed by atoms with Crippen LogP contribution in [0.3, 0.4) is 0 Å². The van der Waals surface area contributed by atoms with Crippen molar-refractivity contribution in [2.75, 3.05) is 11.9 Å². The van der Waals surface area contributed by atoms with E-state index in [4.69, 9.17) is 9.15 Å². The molecule has 21 heavy (non-hydrogen) atoms. The lowest BCUT2D eigenvalue weighted by Crippen LogP contribution is -2.14. The van der Waals surface area contributed by atoms with E-state index in [1.807, 2.05) is 6.92 Å². The van der Waals surface area contributed by atoms with Gasteiger partial charge in [0, 0.05) is 4.88 Å². The van der Waals surface area contributed by atoms with Crippen LogP contribution in [0.2, 0.25) is 0 Å². The SMILES string of the molecule is CCOC(=O)c1cc(C)sc1NC(=O)c1cc(C)oc1C. The summed E-state index contributed by atoms with van der Waals surface area (Å²) in [5, 5.41) is 3.25. The van der Waals surface area contributed by atoms with Gasteiger partial charge in [-0.3, -0.25) is 4.79 Å². The Morgan fingerprint density at radius 3 is 2.52 bits per heavy atom. The van der Waals surface area contributed by atoms with E-state index in [-0.39, 0.29) is 5.91 Å². The number of anilines is 1. The number of hydrogen-bond acceptors (Lipinski definition) is 5. The Kier molecular flexibility index (Phi) is 4.47. The Morgan fingerprint density at radius 1 is 1.24 bits per heavy atom. The Bertz CT molecular complexity index is 684. The first-order chi connectivity index (χ1) is 9.92. The Hall–Kier alpha value is -2.08. The van der Waals surface area contributed by atoms with Crippen LogP contribution in [0.4, 0.5) is 5.00 Å². The van der Waals surface area contributed by atoms with Crippen LogP contribution in [0.1, 0.15) is 44.0 Å². The number of nitrogens with one attached hydrogen (secondary N) is 1. The van der Waals surface area contributed by atoms with Crippen LogP contribution in [0.15, 0.2) is 16.5 Å². The maximum atomic E-state index is 12.3. The molecular formula is C15H17NO4S. The van der Waals surface area contributed by atoms with Crippen molar-refractivity contribution in [3.8, 4) is 0 Å². The van der Waals surface area contributed by atoms with E-state index in [0.29, 0.717) is 34.3 Å². The minimum absolute atomic E-state index is 0.293. The van der Waals surface area contributed by atoms with E-state index in [1.54, 1.807) is 32.9 Å². The molecule has 0 aromatic carbocycles. The summed E-state index contributed by atoms with van der Waals surface area (Å²) in [5.41, 5.74) is 0.846. The summed E-state index contributed by atoms with van der Waals surface area (Å²) in [5.74, 6) is 0.496. The van der Waals surface area contributed by atoms with Gasteiger partial charge >= 0.3 is 5.97 Å². The highest BCUT2D eigenvalue weighted by molar-refractivity contribution is 7.16. The number of rotatable bonds is 4. The molecule has 0 bridgehead atoms. The molecule has 0 aliphatic carbocycles. The monoisotopic (exact) mass is 307 g/mol. The smallest absolute Gasteiger partial charge is 0.341 e. The third kappa shape index (κ3) is 3.33. The minimum atomic E-state index is -0.433. The predicted molar refractivity (Wildman–Crippen MR) is 81.1 cm³/mol. The minimum Gasteiger partial charge on any atom is -0.466 e. The molecule has 0 radical (unpaired) electrons. The van der Waals surface area contributed by atoms with E-state index >= 15 is 0 Å². The van der Waals surface area contributed by atoms with Crippen molar-refractivity contribution in [1.29, 1.82) is 0 Å². The maximum absolute atomic E-state index is 12.3. The lowest BCUT2D eigenvalue weighted by Gasteiger charge is -2.05. The van der Waals surface area contributed by atoms with Crippen LogP contribution in [0.25, 0.3) is 0 Å². The predicted octanol–water partition coefficient (Wildman–Crippen LogP) is 3.70. The zero-order valence-electron chi connectivity index (χ0n) is 12.4. The zero-order chi connectivity index (χ0) is 15.6. The van der Waals surface area contributed by atoms with Gasteiger partial charge in [0.2, 0.25) is 0 Å². The molecule has 2 rings (SSSR count). The first-order valence-electron chi connectivity index (χ1n) is 6.58. The number of esters is 1. The second kappa shape index (κ2) is 6.13. The molecule has 1 amide bonds. The van der Waals surface area contributed by atoms with Crippen LogP contribution >= 0.6 is 11.3 Å². The largest absolute Gasteiger partial charge is 0.466 e. The summed E-state index contributed by atoms with van der Waals surface area (Å²) in [7, 11) is 0. The molecule has 2 heterocycles. The topological polar surface area (TPSA) is 68.5 Å². The van der Waals surface area contributed by atoms with Crippen LogP contribution in [0, 0.1) is 20.8 Å². The number of furan rings is 1. The molecule has 6 heteroatoms. The number of thiophene rings is 1. The van der Waals surface area contributed by atoms with Gasteiger partial charge in [-0.05, 0) is 39.8 Å². The Balaban J connectivity index is 2.25. The van der Waals surface area contributed by atoms with E-state index in [2.05, 4.69) is 5.32 Å². The lowest BCUT2D eigenvalue weighted by molar-refractivity contribution is 0.0528. The highest BCUT2D eigenvalue weighted by Crippen LogP contribution is 2.29. The van der Waals surface area contributed by atoms with Crippen molar-refractivity contribution in [1.82, 2.24) is 0 Å². The maximum Gasteiger partial charge on any atom is 0.341 e. The molecule has 0 spiro atoms. The lowest BCUT2D eigenvalue weighted by atomic mass is 10.2. The van der Waals surface area contributed by atoms with Gasteiger partial charge in [0.1, 0.15) is 16.5 Å². The van der Waals surface area contributed by atoms with Gasteiger partial charge in [0.05, 0.1) is 17.7 Å². The number of carbonyl (C=O) groups is 2. The van der Waals surface area contributed by atoms with Gasteiger partial charge in [-0.2, -0.15) is 0 Å². The fraction of sp³-hybridized carbons (Fsp3) is 0.333. The van der Waals surface area contributed by atoms with Gasteiger partial charge in [0.15, 0.2) is 0 Å². The number of ether oxygens (including phenoxy) is 1. The second-order valence-corrected chi connectivity index (χ2v) is 5.86. The summed E-state index contributed by atoms with van der Waals surface area (Å²) in [6, 6.07) is 3.39. The van der Waals surface area contributed by atoms with E-state index < -0.39 is 5.97 Å². The summed E-state index contributed by atoms with van der Waals surface area (Å²) in [6.07, 6.45) is 0. The Labute approximate surface area is 126 Å². The summed E-state index contributed by atoms with van der Waals surface area (Å²) >= 11 is 1.34. The normalized spacial score (nSPS) is 10.5. The van der Waals surface area contributed by atoms with Crippen molar-refractivity contribution in [2.24, 2.45) is 0 Å². The summed E-state index contributed by atoms with van der Waals surface area (Å²) in [6.45, 7) is 7.42. The van der Waals surface area contributed by atoms with E-state index in [1.165, 1.54) is 11.3 Å². The van der Waals surface area contributed by atoms with Crippen LogP contribution in [0.5, 0.6) is 0 Å². The van der Waals surface area contributed by atoms with Gasteiger partial charge in [-0.1, -0.05) is 0 Å². The zero-order valence-corrected chi connectivity index (χ0v) is 13.2. The number of carbonyl (C=O) groups excluding carboxylic acids is 2. The summed E-state index contributed by atoms with van der Waals surface area (Å²) < 4.78 is 10.3. The van der Waals surface area contributed by atoms with Crippen molar-refractivity contribution >= 4 is 28.2 Å². The van der Waals surface area contributed by atoms with Gasteiger partial charge < -0.3 is 14.5 Å². The molecule has 2 aromatic rings. The van der Waals surface area contributed by atoms with Crippen LogP contribution in [-0.2, 0) is 4.74 Å². The molecule has 0 aliphatic rings. The van der Waals surface area contributed by atoms with Gasteiger partial charge in [0.25, 0.3) is 5.91 Å². The second-order valence-electron chi connectivity index (χ2n) is 4.60. The standard InChI is InChI=1S/C15H17NO4S/c1-5-19-15(18)12-7-9(3)21-14(12)16-13(17)11-6-8(2)20-10(11)4/h6-7H,5H2,1-4H3,(H,16,17). The highest BCUT2D eigenvalue weighted by Gasteiger charge is 2.20. The highest BCUT2D eigenvalue weighted by atomic mass is 32.1. The first kappa shape index (κ1) is 15.3. The average molecular weight is 307 g/mol. The number of aryl methyl sites for hydroxylation is 3. The van der Waals surface area contributed by atoms with Gasteiger partial charge in [-0.25, -0.2) is 4.79 Å². The fourth-order valence-corrected chi connectivity index (χ4v) is 2.89. The van der Waals surface area contributed by atoms with Crippen molar-refractivity contribution in [2.45, 2.75) is 27.7 Å². The van der Waals surface area contributed by atoms with E-state index in [9.17, 15) is 9.59 Å². The molecule has 2 aromatic heterocycles. The molecular weight excluding hydrogens is 290 g/mol. The molecule has 112 valence electrons. The van der Waals surface area contributed by atoms with Crippen molar-refractivity contribution < 1.29 is 18.7 Å². The quantitative estimate of drug-likeness (QED) is 0.875. The van der Waals surface area contributed by atoms with Crippen molar-refractivity contribution in [3.05, 3.63) is 39.7 Å². The van der Waals surface area contributed by atoms with Gasteiger partial charge in [-0.15, -0.1) is 11.3 Å².